The maximum Gasteiger partial charge on any atom is 0.263 e. The molecule has 3 aromatic carbocycles. The number of hydrogen-bond donors (Lipinski definition) is 2. The molecule has 4 aliphatic heterocycles. The molecule has 6 heterocycles. The topological polar surface area (TPSA) is 202 Å². The van der Waals surface area contributed by atoms with E-state index in [0.29, 0.717) is 62.6 Å². The Morgan fingerprint density at radius 3 is 2.51 bits per heavy atom. The minimum Gasteiger partial charge on any atom is -0.496 e. The van der Waals surface area contributed by atoms with Gasteiger partial charge in [-0.1, -0.05) is 11.2 Å². The smallest absolute Gasteiger partial charge is 0.263 e. The Morgan fingerprint density at radius 2 is 1.73 bits per heavy atom. The molecule has 9 rings (SSSR count). The van der Waals surface area contributed by atoms with Gasteiger partial charge in [-0.2, -0.15) is 5.10 Å². The minimum absolute atomic E-state index is 0.0289. The van der Waals surface area contributed by atoms with Gasteiger partial charge in [-0.05, 0) is 66.6 Å². The summed E-state index contributed by atoms with van der Waals surface area (Å²) in [6.45, 7) is 5.60. The lowest BCUT2D eigenvalue weighted by Gasteiger charge is -2.40. The normalized spacial score (nSPS) is 20.3. The first-order valence-electron chi connectivity index (χ1n) is 19.3. The fourth-order valence-corrected chi connectivity index (χ4v) is 9.27. The number of methoxy groups -OCH3 is 1. The van der Waals surface area contributed by atoms with E-state index in [0.717, 1.165) is 34.9 Å². The van der Waals surface area contributed by atoms with Crippen molar-refractivity contribution in [3.05, 3.63) is 89.7 Å². The molecule has 3 fully saturated rings. The monoisotopic (exact) mass is 823 g/mol. The standard InChI is InChI=1S/C40H41N9O9S/c1-56-33-18-25(22-48-11-3-10-41-48)19-34-36(33)37(43-58-34)44-59(54,55)29-5-2-4-26(20-29)46-14-12-45(13-15-46)23-28-24-47(16-17-57-28)27-6-7-30-31(21-27)40(53)49(39(30)52)32-8-9-35(50)42-38(32)51/h2-7,10-11,18-21,28,32H,8-9,12-17,22-24H2,1H3,(H,43,44)(H,42,50,51). The summed E-state index contributed by atoms with van der Waals surface area (Å²) in [6, 6.07) is 16.4. The second-order valence-corrected chi connectivity index (χ2v) is 16.6. The van der Waals surface area contributed by atoms with E-state index in [2.05, 4.69) is 35.0 Å². The van der Waals surface area contributed by atoms with Crippen LogP contribution in [0.3, 0.4) is 0 Å². The van der Waals surface area contributed by atoms with Crippen LogP contribution in [0, 0.1) is 0 Å². The number of carbonyl (C=O) groups excluding carboxylic acids is 4. The lowest BCUT2D eigenvalue weighted by atomic mass is 10.0. The molecule has 2 unspecified atom stereocenters. The van der Waals surface area contributed by atoms with Crippen molar-refractivity contribution in [1.29, 1.82) is 0 Å². The van der Waals surface area contributed by atoms with Crippen LogP contribution in [0.4, 0.5) is 17.2 Å². The second kappa shape index (κ2) is 15.5. The van der Waals surface area contributed by atoms with Gasteiger partial charge in [-0.15, -0.1) is 0 Å². The van der Waals surface area contributed by atoms with Crippen molar-refractivity contribution in [2.75, 3.05) is 74.1 Å². The predicted molar refractivity (Wildman–Crippen MR) is 213 cm³/mol. The summed E-state index contributed by atoms with van der Waals surface area (Å²) in [7, 11) is -2.55. The third-order valence-corrected chi connectivity index (χ3v) is 12.5. The Balaban J connectivity index is 0.811. The van der Waals surface area contributed by atoms with E-state index in [-0.39, 0.29) is 40.8 Å². The highest BCUT2D eigenvalue weighted by Crippen LogP contribution is 2.36. The number of hydrogen-bond acceptors (Lipinski definition) is 14. The number of sulfonamides is 1. The van der Waals surface area contributed by atoms with Crippen molar-refractivity contribution in [2.45, 2.75) is 36.4 Å². The predicted octanol–water partition coefficient (Wildman–Crippen LogP) is 2.31. The van der Waals surface area contributed by atoms with Crippen LogP contribution in [0.5, 0.6) is 5.75 Å². The Morgan fingerprint density at radius 1 is 0.915 bits per heavy atom. The molecule has 2 aromatic heterocycles. The van der Waals surface area contributed by atoms with Crippen molar-refractivity contribution in [3.63, 3.8) is 0 Å². The molecule has 0 bridgehead atoms. The number of imide groups is 2. The summed E-state index contributed by atoms with van der Waals surface area (Å²) in [5.41, 5.74) is 3.27. The molecule has 2 N–H and O–H groups in total. The third kappa shape index (κ3) is 7.47. The Labute approximate surface area is 338 Å². The molecule has 0 radical (unpaired) electrons. The number of morpholine rings is 1. The van der Waals surface area contributed by atoms with Crippen LogP contribution >= 0.6 is 0 Å². The molecular formula is C40H41N9O9S. The zero-order valence-electron chi connectivity index (χ0n) is 32.1. The number of rotatable bonds is 11. The molecule has 18 nitrogen and oxygen atoms in total. The molecule has 3 saturated heterocycles. The number of fused-ring (bicyclic) bond motifs is 2. The molecule has 0 saturated carbocycles. The van der Waals surface area contributed by atoms with Gasteiger partial charge in [0.25, 0.3) is 21.8 Å². The van der Waals surface area contributed by atoms with Gasteiger partial charge in [0.05, 0.1) is 42.4 Å². The molecule has 306 valence electrons. The summed E-state index contributed by atoms with van der Waals surface area (Å²) < 4.78 is 49.1. The maximum absolute atomic E-state index is 13.7. The van der Waals surface area contributed by atoms with Crippen LogP contribution in [0.2, 0.25) is 0 Å². The average molecular weight is 824 g/mol. The highest BCUT2D eigenvalue weighted by molar-refractivity contribution is 7.92. The Kier molecular flexibility index (Phi) is 10.0. The van der Waals surface area contributed by atoms with Gasteiger partial charge < -0.3 is 23.8 Å². The number of anilines is 3. The number of piperazine rings is 1. The molecule has 59 heavy (non-hydrogen) atoms. The number of nitrogens with zero attached hydrogens (tertiary/aromatic N) is 7. The van der Waals surface area contributed by atoms with Crippen molar-refractivity contribution in [3.8, 4) is 5.75 Å². The van der Waals surface area contributed by atoms with Gasteiger partial charge in [0.15, 0.2) is 11.4 Å². The van der Waals surface area contributed by atoms with Crippen molar-refractivity contribution < 1.29 is 41.6 Å². The molecule has 5 aromatic rings. The number of piperidine rings is 1. The third-order valence-electron chi connectivity index (χ3n) is 11.2. The average Bonchev–Trinajstić information content (AvgIpc) is 3.96. The molecule has 0 aliphatic carbocycles. The number of carbonyl (C=O) groups is 4. The lowest BCUT2D eigenvalue weighted by molar-refractivity contribution is -0.136. The fraction of sp³-hybridized carbons (Fsp3) is 0.350. The molecule has 2 atom stereocenters. The number of ether oxygens (including phenoxy) is 2. The molecule has 4 aliphatic rings. The number of amides is 4. The first kappa shape index (κ1) is 38.2. The lowest BCUT2D eigenvalue weighted by Crippen LogP contribution is -2.54. The van der Waals surface area contributed by atoms with Crippen LogP contribution in [0.1, 0.15) is 39.1 Å². The van der Waals surface area contributed by atoms with Crippen molar-refractivity contribution in [2.24, 2.45) is 0 Å². The van der Waals surface area contributed by atoms with Crippen LogP contribution in [-0.4, -0.2) is 128 Å². The summed E-state index contributed by atoms with van der Waals surface area (Å²) in [4.78, 5) is 58.4. The van der Waals surface area contributed by atoms with Crippen LogP contribution in [0.15, 0.2) is 82.5 Å². The minimum atomic E-state index is -4.06. The Bertz CT molecular complexity index is 2570. The number of benzene rings is 3. The first-order valence-corrected chi connectivity index (χ1v) is 20.8. The molecule has 0 spiro atoms. The van der Waals surface area contributed by atoms with E-state index in [4.69, 9.17) is 14.0 Å². The number of aromatic nitrogens is 3. The molecular weight excluding hydrogens is 783 g/mol. The summed E-state index contributed by atoms with van der Waals surface area (Å²) in [6.07, 6.45) is 3.57. The zero-order valence-corrected chi connectivity index (χ0v) is 32.9. The maximum atomic E-state index is 13.7. The van der Waals surface area contributed by atoms with E-state index in [9.17, 15) is 27.6 Å². The van der Waals surface area contributed by atoms with Gasteiger partial charge >= 0.3 is 0 Å². The van der Waals surface area contributed by atoms with Gasteiger partial charge in [-0.25, -0.2) is 8.42 Å². The summed E-state index contributed by atoms with van der Waals surface area (Å²) in [5, 5.41) is 10.9. The fourth-order valence-electron chi connectivity index (χ4n) is 8.22. The quantitative estimate of drug-likeness (QED) is 0.184. The van der Waals surface area contributed by atoms with E-state index in [1.54, 1.807) is 53.3 Å². The van der Waals surface area contributed by atoms with Crippen LogP contribution in [0.25, 0.3) is 11.0 Å². The SMILES string of the molecule is COc1cc(Cn2cccn2)cc2onc(NS(=O)(=O)c3cccc(N4CCN(CC5CN(c6ccc7c(c6)C(=O)N(C6CCC(=O)NC6=O)C7=O)CCO5)CC4)c3)c12. The summed E-state index contributed by atoms with van der Waals surface area (Å²) >= 11 is 0. The Hall–Kier alpha value is -6.31. The van der Waals surface area contributed by atoms with E-state index in [1.807, 2.05) is 24.4 Å². The van der Waals surface area contributed by atoms with Gasteiger partial charge in [0.1, 0.15) is 17.2 Å². The largest absolute Gasteiger partial charge is 0.496 e. The highest BCUT2D eigenvalue weighted by atomic mass is 32.2. The van der Waals surface area contributed by atoms with Crippen LogP contribution < -0.4 is 24.6 Å². The van der Waals surface area contributed by atoms with Crippen molar-refractivity contribution in [1.82, 2.24) is 30.1 Å². The van der Waals surface area contributed by atoms with E-state index < -0.39 is 39.7 Å². The van der Waals surface area contributed by atoms with Crippen molar-refractivity contribution >= 4 is 61.8 Å². The van der Waals surface area contributed by atoms with E-state index >= 15 is 0 Å². The number of nitrogens with one attached hydrogen (secondary N) is 2. The van der Waals surface area contributed by atoms with Gasteiger partial charge in [-0.3, -0.25) is 43.7 Å². The van der Waals surface area contributed by atoms with Gasteiger partial charge in [0.2, 0.25) is 11.8 Å². The second-order valence-electron chi connectivity index (χ2n) is 14.9. The van der Waals surface area contributed by atoms with Gasteiger partial charge in [0, 0.05) is 76.0 Å². The summed E-state index contributed by atoms with van der Waals surface area (Å²) in [5.74, 6) is -1.68. The molecule has 19 heteroatoms. The van der Waals surface area contributed by atoms with E-state index in [1.165, 1.54) is 7.11 Å². The highest BCUT2D eigenvalue weighted by Gasteiger charge is 2.45. The first-order chi connectivity index (χ1) is 28.5. The van der Waals surface area contributed by atoms with Crippen LogP contribution in [-0.2, 0) is 30.9 Å². The zero-order chi connectivity index (χ0) is 40.8. The molecule has 4 amide bonds.